The Morgan fingerprint density at radius 3 is 1.35 bits per heavy atom. The van der Waals surface area contributed by atoms with Crippen molar-refractivity contribution < 1.29 is 112 Å². The van der Waals surface area contributed by atoms with Gasteiger partial charge in [-0.25, -0.2) is 19.2 Å². The van der Waals surface area contributed by atoms with Crippen LogP contribution in [0.15, 0.2) is 23.7 Å². The molecular weight excluding hydrogens is 1130 g/mol. The van der Waals surface area contributed by atoms with Crippen molar-refractivity contribution in [2.45, 2.75) is 81.1 Å². The molecule has 36 nitrogen and oxygen atoms in total. The van der Waals surface area contributed by atoms with Gasteiger partial charge in [-0.2, -0.15) is 0 Å². The average molecular weight is 1200 g/mol. The molecule has 470 valence electrons. The van der Waals surface area contributed by atoms with Crippen LogP contribution in [-0.2, 0) is 71.5 Å². The molecule has 0 bridgehead atoms. The zero-order valence-corrected chi connectivity index (χ0v) is 45.9. The van der Waals surface area contributed by atoms with Crippen LogP contribution in [0, 0.1) is 35.0 Å². The van der Waals surface area contributed by atoms with Crippen LogP contribution in [-0.4, -0.2) is 267 Å². The van der Waals surface area contributed by atoms with E-state index in [0.29, 0.717) is 13.2 Å². The highest BCUT2D eigenvalue weighted by atomic mass is 16.6. The Kier molecular flexibility index (Phi) is 30.2. The minimum atomic E-state index is -1.94. The van der Waals surface area contributed by atoms with Gasteiger partial charge in [0, 0.05) is 53.1 Å². The van der Waals surface area contributed by atoms with Gasteiger partial charge in [0.05, 0.1) is 102 Å². The number of aliphatic hydroxyl groups excluding tert-OH is 4. The molecule has 0 unspecified atom stereocenters. The van der Waals surface area contributed by atoms with Gasteiger partial charge in [0.15, 0.2) is 36.3 Å². The lowest BCUT2D eigenvalue weighted by atomic mass is 9.92. The highest BCUT2D eigenvalue weighted by Crippen LogP contribution is 2.28. The van der Waals surface area contributed by atoms with Crippen LogP contribution >= 0.6 is 0 Å². The Labute approximate surface area is 480 Å². The minimum absolute atomic E-state index is 0.0620. The number of hydrogen-bond donors (Lipinski definition) is 18. The maximum absolute atomic E-state index is 13.8. The largest absolute Gasteiger partial charge is 0.477 e. The number of aliphatic carboxylic acids is 2. The van der Waals surface area contributed by atoms with Crippen molar-refractivity contribution in [3.05, 3.63) is 23.7 Å². The van der Waals surface area contributed by atoms with Crippen LogP contribution in [0.5, 0.6) is 0 Å². The number of amides is 7. The van der Waals surface area contributed by atoms with E-state index in [1.54, 1.807) is 0 Å². The minimum Gasteiger partial charge on any atom is -0.477 e. The molecule has 1 saturated heterocycles. The number of alkyl carbamates (subject to hydrolysis) is 2. The van der Waals surface area contributed by atoms with Crippen molar-refractivity contribution in [3.8, 4) is 12.3 Å². The van der Waals surface area contributed by atoms with Crippen molar-refractivity contribution in [2.24, 2.45) is 23.3 Å². The molecule has 0 saturated carbocycles. The number of ether oxygens (including phenoxy) is 8. The van der Waals surface area contributed by atoms with Gasteiger partial charge < -0.3 is 127 Å². The molecule has 84 heavy (non-hydrogen) atoms. The number of guanidine groups is 2. The molecule has 3 rings (SSSR count). The first-order chi connectivity index (χ1) is 39.9. The number of carboxylic acid groups (broad SMARTS) is 2. The number of nitrogens with one attached hydrogen (secondary N) is 10. The van der Waals surface area contributed by atoms with E-state index < -0.39 is 176 Å². The summed E-state index contributed by atoms with van der Waals surface area (Å²) in [6, 6.07) is -5.25. The van der Waals surface area contributed by atoms with Gasteiger partial charge in [-0.15, -0.1) is 6.42 Å². The number of rotatable bonds is 35. The number of nitrogens with two attached hydrogens (primary N) is 2. The summed E-state index contributed by atoms with van der Waals surface area (Å²) >= 11 is 0. The van der Waals surface area contributed by atoms with Gasteiger partial charge >= 0.3 is 24.1 Å². The van der Waals surface area contributed by atoms with Gasteiger partial charge in [-0.05, 0) is 12.2 Å². The Morgan fingerprint density at radius 2 is 1.00 bits per heavy atom. The van der Waals surface area contributed by atoms with Crippen LogP contribution in [0.3, 0.4) is 0 Å². The quantitative estimate of drug-likeness (QED) is 0.0121. The molecule has 0 aromatic heterocycles. The molecule has 0 spiro atoms. The van der Waals surface area contributed by atoms with Crippen LogP contribution in [0.25, 0.3) is 0 Å². The van der Waals surface area contributed by atoms with Gasteiger partial charge in [-0.3, -0.25) is 34.8 Å². The molecule has 0 aliphatic carbocycles. The van der Waals surface area contributed by atoms with Crippen LogP contribution in [0.2, 0.25) is 0 Å². The van der Waals surface area contributed by atoms with Gasteiger partial charge in [0.1, 0.15) is 18.8 Å². The molecule has 0 radical (unpaired) electrons. The fraction of sp³-hybridized carbons (Fsp3) is 0.646. The van der Waals surface area contributed by atoms with Crippen LogP contribution in [0.4, 0.5) is 9.59 Å². The van der Waals surface area contributed by atoms with Crippen molar-refractivity contribution in [3.63, 3.8) is 0 Å². The second-order valence-electron chi connectivity index (χ2n) is 18.5. The number of nitrogens with zero attached hydrogens (tertiary/aromatic N) is 1. The molecule has 3 heterocycles. The summed E-state index contributed by atoms with van der Waals surface area (Å²) in [6.45, 7) is -0.380. The van der Waals surface area contributed by atoms with E-state index in [1.165, 1.54) is 4.90 Å². The first kappa shape index (κ1) is 70.0. The van der Waals surface area contributed by atoms with Crippen molar-refractivity contribution in [1.29, 1.82) is 10.8 Å². The highest BCUT2D eigenvalue weighted by Gasteiger charge is 2.49. The summed E-state index contributed by atoms with van der Waals surface area (Å²) in [5, 5.41) is 95.5. The summed E-state index contributed by atoms with van der Waals surface area (Å²) in [5.41, 5.74) is 10.9. The summed E-state index contributed by atoms with van der Waals surface area (Å²) in [4.78, 5) is 117. The Balaban J connectivity index is 1.69. The molecule has 0 aromatic rings. The van der Waals surface area contributed by atoms with E-state index >= 15 is 0 Å². The molecule has 20 N–H and O–H groups in total. The standard InChI is InChI=1S/C48H75N13O23/c1-4-10-77-12-14-79-16-17-80-15-13-78-11-5-34(68)61-20-26(41(69)53-6-8-55-47(75)83-37(30(66)22-62)39-35(57-24(2)64)28(59-45(49)50)18-32(81-39)43(71)72)27(21-61)42(70)54-7-9-56-48(76)84-38(31(67)23-63)40-36(58-25(3)65)29(60-46(51)52)19-33(82-40)44(73)74/h1,18-19,26-31,35-40,62-63,66-67H,5-17,20-23H2,2-3H3,(H,53,69)(H,54,70)(H,55,75)(H,56,76)(H,57,64)(H,58,65)(H,71,72)(H,73,74)(H4,49,50,59)(H4,51,52,60)/t26-,27-,28+,29+,30-,31-,35-,36-,37-,38-,39-,40-/m1/s1. The van der Waals surface area contributed by atoms with E-state index in [1.807, 2.05) is 0 Å². The predicted molar refractivity (Wildman–Crippen MR) is 283 cm³/mol. The lowest BCUT2D eigenvalue weighted by molar-refractivity contribution is -0.147. The third-order valence-electron chi connectivity index (χ3n) is 12.2. The summed E-state index contributed by atoms with van der Waals surface area (Å²) in [5.74, 6) is -9.58. The average Bonchev–Trinajstić information content (AvgIpc) is 1.91. The second kappa shape index (κ2) is 36.3. The maximum Gasteiger partial charge on any atom is 0.407 e. The number of carbonyl (C=O) groups excluding carboxylic acids is 7. The lowest BCUT2D eigenvalue weighted by Gasteiger charge is -2.41. The molecule has 12 atom stereocenters. The number of carbonyl (C=O) groups is 9. The fourth-order valence-corrected chi connectivity index (χ4v) is 8.56. The Morgan fingerprint density at radius 1 is 0.631 bits per heavy atom. The van der Waals surface area contributed by atoms with Gasteiger partial charge in [0.2, 0.25) is 41.1 Å². The monoisotopic (exact) mass is 1200 g/mol. The lowest BCUT2D eigenvalue weighted by Crippen LogP contribution is -2.65. The number of terminal acetylenes is 1. The molecule has 1 fully saturated rings. The highest BCUT2D eigenvalue weighted by molar-refractivity contribution is 5.91. The van der Waals surface area contributed by atoms with E-state index in [4.69, 9.17) is 66.6 Å². The first-order valence-electron chi connectivity index (χ1n) is 26.0. The zero-order chi connectivity index (χ0) is 62.5. The van der Waals surface area contributed by atoms with Crippen LogP contribution in [0.1, 0.15) is 20.3 Å². The van der Waals surface area contributed by atoms with Gasteiger partial charge in [-0.1, -0.05) is 5.92 Å². The SMILES string of the molecule is C#CCOCCOCCOCCOCCC(=O)N1C[C@@H](C(=O)NCCNC(=O)O[C@@H]([C@@H]2OC(C(=O)O)=C[C@H](NC(=N)N)[C@H]2NC(C)=O)[C@H](O)CO)[C@H](C(=O)NCCNC(=O)O[C@@H]([C@@H]2OC(C(=O)O)=C[C@H](NC(=N)N)[C@H]2NC(C)=O)[C@H](O)CO)C1. The second-order valence-corrected chi connectivity index (χ2v) is 18.5. The van der Waals surface area contributed by atoms with Crippen molar-refractivity contribution in [1.82, 2.24) is 47.4 Å². The van der Waals surface area contributed by atoms with E-state index in [2.05, 4.69) is 48.5 Å². The Bertz CT molecular complexity index is 2260. The molecule has 0 aromatic carbocycles. The molecule has 36 heteroatoms. The summed E-state index contributed by atoms with van der Waals surface area (Å²) < 4.78 is 43.2. The van der Waals surface area contributed by atoms with Crippen molar-refractivity contribution in [2.75, 3.05) is 105 Å². The van der Waals surface area contributed by atoms with Gasteiger partial charge in [0.25, 0.3) is 0 Å². The number of carboxylic acids is 2. The first-order valence-corrected chi connectivity index (χ1v) is 26.0. The van der Waals surface area contributed by atoms with Crippen molar-refractivity contribution >= 4 is 65.6 Å². The topological polar surface area (TPSA) is 548 Å². The third-order valence-corrected chi connectivity index (χ3v) is 12.2. The molecule has 7 amide bonds. The van der Waals surface area contributed by atoms with Crippen LogP contribution < -0.4 is 54.0 Å². The number of likely N-dealkylation sites (tertiary alicyclic amines) is 1. The Hall–Kier alpha value is -8.31. The molecule has 3 aliphatic heterocycles. The summed E-state index contributed by atoms with van der Waals surface area (Å²) in [6.07, 6.45) is -6.78. The zero-order valence-electron chi connectivity index (χ0n) is 45.9. The summed E-state index contributed by atoms with van der Waals surface area (Å²) in [7, 11) is 0. The molecule has 3 aliphatic rings. The smallest absolute Gasteiger partial charge is 0.407 e. The maximum atomic E-state index is 13.8. The predicted octanol–water partition coefficient (Wildman–Crippen LogP) is -8.27. The fourth-order valence-electron chi connectivity index (χ4n) is 8.56. The van der Waals surface area contributed by atoms with E-state index in [9.17, 15) is 73.8 Å². The number of hydrogen-bond acceptors (Lipinski definition) is 23. The van der Waals surface area contributed by atoms with E-state index in [0.717, 1.165) is 26.0 Å². The van der Waals surface area contributed by atoms with E-state index in [-0.39, 0.29) is 72.2 Å². The normalized spacial score (nSPS) is 22.1. The molecular formula is C48H75N13O23. The third kappa shape index (κ3) is 23.5. The number of aliphatic hydroxyl groups is 4.